The van der Waals surface area contributed by atoms with E-state index in [0.717, 1.165) is 24.3 Å². The largest absolute Gasteiger partial charge is 0.454 e. The van der Waals surface area contributed by atoms with Crippen molar-refractivity contribution in [2.24, 2.45) is 5.92 Å². The van der Waals surface area contributed by atoms with Gasteiger partial charge in [-0.3, -0.25) is 0 Å². The second-order valence-electron chi connectivity index (χ2n) is 5.74. The summed E-state index contributed by atoms with van der Waals surface area (Å²) in [5, 5.41) is 12.7. The average Bonchev–Trinajstić information content (AvgIpc) is 2.91. The van der Waals surface area contributed by atoms with Crippen LogP contribution in [0.3, 0.4) is 0 Å². The van der Waals surface area contributed by atoms with Crippen LogP contribution in [-0.4, -0.2) is 30.6 Å². The number of aliphatic hydroxyl groups excluding tert-OH is 1. The molecule has 1 aliphatic heterocycles. The van der Waals surface area contributed by atoms with E-state index in [-0.39, 0.29) is 12.5 Å². The molecule has 0 spiro atoms. The first-order valence-corrected chi connectivity index (χ1v) is 7.35. The van der Waals surface area contributed by atoms with Crippen LogP contribution in [0.25, 0.3) is 0 Å². The second kappa shape index (κ2) is 6.95. The summed E-state index contributed by atoms with van der Waals surface area (Å²) in [6.45, 7) is 6.92. The van der Waals surface area contributed by atoms with Gasteiger partial charge in [0.15, 0.2) is 11.5 Å². The van der Waals surface area contributed by atoms with Crippen LogP contribution in [0.2, 0.25) is 0 Å². The van der Waals surface area contributed by atoms with Crippen molar-refractivity contribution in [2.75, 3.05) is 13.4 Å². The van der Waals surface area contributed by atoms with E-state index in [1.807, 2.05) is 6.07 Å². The van der Waals surface area contributed by atoms with E-state index in [1.54, 1.807) is 0 Å². The fourth-order valence-corrected chi connectivity index (χ4v) is 2.33. The summed E-state index contributed by atoms with van der Waals surface area (Å²) in [6, 6.07) is 6.89. The SMILES string of the molecule is CC(CCc1ccc2c(c1)OCO2)NC(C)C(C)CO. The molecule has 2 N–H and O–H groups in total. The lowest BCUT2D eigenvalue weighted by Crippen LogP contribution is -2.39. The van der Waals surface area contributed by atoms with Crippen molar-refractivity contribution in [3.63, 3.8) is 0 Å². The third kappa shape index (κ3) is 3.87. The lowest BCUT2D eigenvalue weighted by Gasteiger charge is -2.24. The molecular formula is C16H25NO3. The van der Waals surface area contributed by atoms with E-state index >= 15 is 0 Å². The molecule has 1 heterocycles. The van der Waals surface area contributed by atoms with Crippen LogP contribution in [0, 0.1) is 5.92 Å². The van der Waals surface area contributed by atoms with Crippen LogP contribution in [0.5, 0.6) is 11.5 Å². The number of fused-ring (bicyclic) bond motifs is 1. The Kier molecular flexibility index (Phi) is 5.26. The molecule has 1 aliphatic rings. The molecule has 0 bridgehead atoms. The predicted molar refractivity (Wildman–Crippen MR) is 79.2 cm³/mol. The molecule has 0 radical (unpaired) electrons. The van der Waals surface area contributed by atoms with Crippen molar-refractivity contribution in [3.8, 4) is 11.5 Å². The Hall–Kier alpha value is -1.26. The summed E-state index contributed by atoms with van der Waals surface area (Å²) in [5.41, 5.74) is 1.27. The van der Waals surface area contributed by atoms with E-state index in [4.69, 9.17) is 14.6 Å². The van der Waals surface area contributed by atoms with Crippen molar-refractivity contribution in [1.29, 1.82) is 0 Å². The molecule has 20 heavy (non-hydrogen) atoms. The quantitative estimate of drug-likeness (QED) is 0.804. The Morgan fingerprint density at radius 3 is 2.70 bits per heavy atom. The third-order valence-electron chi connectivity index (χ3n) is 3.99. The highest BCUT2D eigenvalue weighted by atomic mass is 16.7. The van der Waals surface area contributed by atoms with Gasteiger partial charge in [-0.25, -0.2) is 0 Å². The van der Waals surface area contributed by atoms with Gasteiger partial charge in [-0.05, 0) is 50.3 Å². The summed E-state index contributed by atoms with van der Waals surface area (Å²) in [5.74, 6) is 1.97. The minimum atomic E-state index is 0.225. The van der Waals surface area contributed by atoms with Gasteiger partial charge in [0, 0.05) is 18.7 Å². The summed E-state index contributed by atoms with van der Waals surface area (Å²) >= 11 is 0. The Bertz CT molecular complexity index is 436. The van der Waals surface area contributed by atoms with E-state index < -0.39 is 0 Å². The first kappa shape index (κ1) is 15.1. The molecule has 0 saturated heterocycles. The Balaban J connectivity index is 1.80. The molecule has 1 aromatic rings. The van der Waals surface area contributed by atoms with Crippen LogP contribution < -0.4 is 14.8 Å². The summed E-state index contributed by atoms with van der Waals surface area (Å²) in [4.78, 5) is 0. The zero-order chi connectivity index (χ0) is 14.5. The van der Waals surface area contributed by atoms with Gasteiger partial charge in [0.05, 0.1) is 0 Å². The average molecular weight is 279 g/mol. The maximum Gasteiger partial charge on any atom is 0.231 e. The molecule has 3 atom stereocenters. The van der Waals surface area contributed by atoms with Gasteiger partial charge in [-0.15, -0.1) is 0 Å². The Morgan fingerprint density at radius 1 is 1.20 bits per heavy atom. The zero-order valence-corrected chi connectivity index (χ0v) is 12.6. The fourth-order valence-electron chi connectivity index (χ4n) is 2.33. The van der Waals surface area contributed by atoms with Crippen molar-refractivity contribution >= 4 is 0 Å². The molecule has 0 aromatic heterocycles. The molecule has 0 amide bonds. The molecule has 1 aromatic carbocycles. The van der Waals surface area contributed by atoms with Gasteiger partial charge in [0.1, 0.15) is 0 Å². The molecule has 0 aliphatic carbocycles. The molecular weight excluding hydrogens is 254 g/mol. The third-order valence-corrected chi connectivity index (χ3v) is 3.99. The van der Waals surface area contributed by atoms with Crippen molar-refractivity contribution < 1.29 is 14.6 Å². The lowest BCUT2D eigenvalue weighted by atomic mass is 10.0. The fraction of sp³-hybridized carbons (Fsp3) is 0.625. The smallest absolute Gasteiger partial charge is 0.231 e. The number of aliphatic hydroxyl groups is 1. The number of hydrogen-bond donors (Lipinski definition) is 2. The molecule has 0 saturated carbocycles. The molecule has 4 heteroatoms. The molecule has 2 rings (SSSR count). The van der Waals surface area contributed by atoms with Gasteiger partial charge in [-0.2, -0.15) is 0 Å². The normalized spacial score (nSPS) is 17.8. The Labute approximate surface area is 121 Å². The standard InChI is InChI=1S/C16H25NO3/c1-11(9-18)13(3)17-12(2)4-5-14-6-7-15-16(8-14)20-10-19-15/h6-8,11-13,17-18H,4-5,9-10H2,1-3H3. The number of hydrogen-bond acceptors (Lipinski definition) is 4. The van der Waals surface area contributed by atoms with Crippen LogP contribution in [0.4, 0.5) is 0 Å². The molecule has 3 unspecified atom stereocenters. The molecule has 4 nitrogen and oxygen atoms in total. The highest BCUT2D eigenvalue weighted by Gasteiger charge is 2.15. The van der Waals surface area contributed by atoms with Gasteiger partial charge in [0.25, 0.3) is 0 Å². The van der Waals surface area contributed by atoms with Crippen LogP contribution >= 0.6 is 0 Å². The first-order chi connectivity index (χ1) is 9.60. The van der Waals surface area contributed by atoms with Crippen LogP contribution in [0.15, 0.2) is 18.2 Å². The number of nitrogens with one attached hydrogen (secondary N) is 1. The number of benzene rings is 1. The molecule has 0 fully saturated rings. The van der Waals surface area contributed by atoms with E-state index in [1.165, 1.54) is 5.56 Å². The van der Waals surface area contributed by atoms with Gasteiger partial charge < -0.3 is 19.9 Å². The highest BCUT2D eigenvalue weighted by Crippen LogP contribution is 2.32. The summed E-state index contributed by atoms with van der Waals surface area (Å²) in [6.07, 6.45) is 2.06. The van der Waals surface area contributed by atoms with Crippen molar-refractivity contribution in [2.45, 2.75) is 45.7 Å². The highest BCUT2D eigenvalue weighted by molar-refractivity contribution is 5.44. The number of aryl methyl sites for hydroxylation is 1. The van der Waals surface area contributed by atoms with Crippen molar-refractivity contribution in [3.05, 3.63) is 23.8 Å². The summed E-state index contributed by atoms with van der Waals surface area (Å²) < 4.78 is 10.7. The number of rotatable bonds is 7. The molecule has 112 valence electrons. The number of ether oxygens (including phenoxy) is 2. The minimum absolute atomic E-state index is 0.225. The van der Waals surface area contributed by atoms with Crippen LogP contribution in [0.1, 0.15) is 32.8 Å². The van der Waals surface area contributed by atoms with Gasteiger partial charge >= 0.3 is 0 Å². The topological polar surface area (TPSA) is 50.7 Å². The summed E-state index contributed by atoms with van der Waals surface area (Å²) in [7, 11) is 0. The predicted octanol–water partition coefficient (Wildman–Crippen LogP) is 2.34. The zero-order valence-electron chi connectivity index (χ0n) is 12.6. The van der Waals surface area contributed by atoms with Gasteiger partial charge in [-0.1, -0.05) is 13.0 Å². The van der Waals surface area contributed by atoms with E-state index in [9.17, 15) is 0 Å². The maximum atomic E-state index is 9.15. The van der Waals surface area contributed by atoms with E-state index in [0.29, 0.717) is 18.9 Å². The maximum absolute atomic E-state index is 9.15. The lowest BCUT2D eigenvalue weighted by molar-refractivity contribution is 0.174. The Morgan fingerprint density at radius 2 is 1.95 bits per heavy atom. The van der Waals surface area contributed by atoms with Gasteiger partial charge in [0.2, 0.25) is 6.79 Å². The van der Waals surface area contributed by atoms with Crippen molar-refractivity contribution in [1.82, 2.24) is 5.32 Å². The van der Waals surface area contributed by atoms with E-state index in [2.05, 4.69) is 38.2 Å². The first-order valence-electron chi connectivity index (χ1n) is 7.35. The minimum Gasteiger partial charge on any atom is -0.454 e. The van der Waals surface area contributed by atoms with Crippen LogP contribution in [-0.2, 0) is 6.42 Å². The monoisotopic (exact) mass is 279 g/mol. The second-order valence-corrected chi connectivity index (χ2v) is 5.74.